The number of aryl methyl sites for hydroxylation is 1. The summed E-state index contributed by atoms with van der Waals surface area (Å²) in [6.45, 7) is 5.24. The first-order chi connectivity index (χ1) is 10.0. The minimum absolute atomic E-state index is 0.0971. The van der Waals surface area contributed by atoms with Gasteiger partial charge < -0.3 is 10.6 Å². The van der Waals surface area contributed by atoms with Crippen LogP contribution in [-0.2, 0) is 4.79 Å². The van der Waals surface area contributed by atoms with Crippen molar-refractivity contribution in [1.29, 1.82) is 0 Å². The predicted octanol–water partition coefficient (Wildman–Crippen LogP) is 2.00. The second-order valence-electron chi connectivity index (χ2n) is 5.90. The second kappa shape index (κ2) is 7.52. The Morgan fingerprint density at radius 3 is 2.86 bits per heavy atom. The lowest BCUT2D eigenvalue weighted by molar-refractivity contribution is -0.117. The van der Waals surface area contributed by atoms with Gasteiger partial charge in [0, 0.05) is 12.2 Å². The van der Waals surface area contributed by atoms with Crippen molar-refractivity contribution in [2.75, 3.05) is 38.5 Å². The third-order valence-corrected chi connectivity index (χ3v) is 3.92. The summed E-state index contributed by atoms with van der Waals surface area (Å²) < 4.78 is 13.2. The van der Waals surface area contributed by atoms with E-state index in [9.17, 15) is 9.18 Å². The molecule has 1 saturated heterocycles. The molecule has 0 spiro atoms. The number of benzene rings is 1. The smallest absolute Gasteiger partial charge is 0.238 e. The van der Waals surface area contributed by atoms with Crippen LogP contribution >= 0.6 is 0 Å². The zero-order valence-electron chi connectivity index (χ0n) is 12.8. The van der Waals surface area contributed by atoms with Gasteiger partial charge in [-0.2, -0.15) is 0 Å². The summed E-state index contributed by atoms with van der Waals surface area (Å²) >= 11 is 0. The zero-order valence-corrected chi connectivity index (χ0v) is 12.8. The molecule has 1 aromatic rings. The lowest BCUT2D eigenvalue weighted by Crippen LogP contribution is -2.37. The minimum Gasteiger partial charge on any atom is -0.325 e. The quantitative estimate of drug-likeness (QED) is 0.873. The summed E-state index contributed by atoms with van der Waals surface area (Å²) in [4.78, 5) is 14.1. The van der Waals surface area contributed by atoms with Gasteiger partial charge in [-0.05, 0) is 63.5 Å². The van der Waals surface area contributed by atoms with Crippen LogP contribution in [0, 0.1) is 18.7 Å². The number of anilines is 1. The zero-order chi connectivity index (χ0) is 15.2. The molecule has 1 aliphatic heterocycles. The number of carbonyl (C=O) groups is 1. The van der Waals surface area contributed by atoms with E-state index in [1.807, 2.05) is 18.9 Å². The van der Waals surface area contributed by atoms with Gasteiger partial charge in [-0.1, -0.05) is 6.07 Å². The molecule has 1 heterocycles. The van der Waals surface area contributed by atoms with E-state index >= 15 is 0 Å². The van der Waals surface area contributed by atoms with Crippen LogP contribution in [0.1, 0.15) is 18.4 Å². The number of rotatable bonds is 5. The van der Waals surface area contributed by atoms with Crippen LogP contribution in [-0.4, -0.2) is 44.0 Å². The van der Waals surface area contributed by atoms with Crippen LogP contribution in [0.15, 0.2) is 18.2 Å². The summed E-state index contributed by atoms with van der Waals surface area (Å²) in [5.41, 5.74) is 1.42. The van der Waals surface area contributed by atoms with Crippen molar-refractivity contribution in [2.24, 2.45) is 5.92 Å². The van der Waals surface area contributed by atoms with E-state index in [0.29, 0.717) is 18.2 Å². The Morgan fingerprint density at radius 2 is 2.14 bits per heavy atom. The number of hydrogen-bond acceptors (Lipinski definition) is 3. The highest BCUT2D eigenvalue weighted by molar-refractivity contribution is 5.92. The normalized spacial score (nSPS) is 16.2. The van der Waals surface area contributed by atoms with E-state index in [0.717, 1.165) is 38.0 Å². The van der Waals surface area contributed by atoms with Crippen molar-refractivity contribution in [3.8, 4) is 0 Å². The van der Waals surface area contributed by atoms with E-state index in [-0.39, 0.29) is 11.7 Å². The lowest BCUT2D eigenvalue weighted by Gasteiger charge is -2.27. The number of carbonyl (C=O) groups excluding carboxylic acids is 1. The van der Waals surface area contributed by atoms with Crippen molar-refractivity contribution in [3.63, 3.8) is 0 Å². The fourth-order valence-corrected chi connectivity index (χ4v) is 2.73. The average Bonchev–Trinajstić information content (AvgIpc) is 2.43. The van der Waals surface area contributed by atoms with E-state index < -0.39 is 0 Å². The predicted molar refractivity (Wildman–Crippen MR) is 82.9 cm³/mol. The molecule has 1 amide bonds. The monoisotopic (exact) mass is 293 g/mol. The number of nitrogens with one attached hydrogen (secondary N) is 2. The second-order valence-corrected chi connectivity index (χ2v) is 5.90. The molecule has 0 radical (unpaired) electrons. The molecule has 1 aliphatic rings. The van der Waals surface area contributed by atoms with Crippen LogP contribution in [0.2, 0.25) is 0 Å². The average molecular weight is 293 g/mol. The van der Waals surface area contributed by atoms with Gasteiger partial charge in [0.2, 0.25) is 5.91 Å². The number of likely N-dealkylation sites (N-methyl/N-ethyl adjacent to an activating group) is 1. The Labute approximate surface area is 125 Å². The van der Waals surface area contributed by atoms with Gasteiger partial charge in [-0.3, -0.25) is 9.69 Å². The number of piperidine rings is 1. The fraction of sp³-hybridized carbons (Fsp3) is 0.562. The van der Waals surface area contributed by atoms with Crippen molar-refractivity contribution in [3.05, 3.63) is 29.6 Å². The van der Waals surface area contributed by atoms with Crippen molar-refractivity contribution in [2.45, 2.75) is 19.8 Å². The molecule has 0 saturated carbocycles. The lowest BCUT2D eigenvalue weighted by atomic mass is 9.98. The first kappa shape index (κ1) is 15.9. The largest absolute Gasteiger partial charge is 0.325 e. The molecule has 5 heteroatoms. The maximum Gasteiger partial charge on any atom is 0.238 e. The van der Waals surface area contributed by atoms with Crippen LogP contribution in [0.3, 0.4) is 0 Å². The van der Waals surface area contributed by atoms with Gasteiger partial charge in [-0.15, -0.1) is 0 Å². The summed E-state index contributed by atoms with van der Waals surface area (Å²) in [5.74, 6) is 0.221. The van der Waals surface area contributed by atoms with E-state index in [1.165, 1.54) is 12.1 Å². The first-order valence-electron chi connectivity index (χ1n) is 7.50. The molecule has 0 bridgehead atoms. The topological polar surface area (TPSA) is 44.4 Å². The van der Waals surface area contributed by atoms with Crippen molar-refractivity contribution >= 4 is 11.6 Å². The molecule has 0 atom stereocenters. The minimum atomic E-state index is -0.334. The Kier molecular flexibility index (Phi) is 5.70. The summed E-state index contributed by atoms with van der Waals surface area (Å²) in [5, 5.41) is 6.13. The molecule has 21 heavy (non-hydrogen) atoms. The Hall–Kier alpha value is -1.46. The summed E-state index contributed by atoms with van der Waals surface area (Å²) in [7, 11) is 1.96. The van der Waals surface area contributed by atoms with Gasteiger partial charge >= 0.3 is 0 Å². The summed E-state index contributed by atoms with van der Waals surface area (Å²) in [6, 6.07) is 4.43. The number of nitrogens with zero attached hydrogens (tertiary/aromatic N) is 1. The molecule has 2 N–H and O–H groups in total. The molecular weight excluding hydrogens is 269 g/mol. The molecular formula is C16H24FN3O. The highest BCUT2D eigenvalue weighted by Gasteiger charge is 2.16. The Balaban J connectivity index is 1.81. The van der Waals surface area contributed by atoms with E-state index in [2.05, 4.69) is 10.6 Å². The third kappa shape index (κ3) is 5.10. The van der Waals surface area contributed by atoms with Gasteiger partial charge in [-0.25, -0.2) is 4.39 Å². The fourth-order valence-electron chi connectivity index (χ4n) is 2.73. The number of amides is 1. The molecule has 1 aromatic carbocycles. The molecule has 4 nitrogen and oxygen atoms in total. The number of halogens is 1. The van der Waals surface area contributed by atoms with Gasteiger partial charge in [0.05, 0.1) is 6.54 Å². The third-order valence-electron chi connectivity index (χ3n) is 3.92. The van der Waals surface area contributed by atoms with Gasteiger partial charge in [0.15, 0.2) is 0 Å². The van der Waals surface area contributed by atoms with E-state index in [1.54, 1.807) is 6.07 Å². The highest BCUT2D eigenvalue weighted by atomic mass is 19.1. The SMILES string of the molecule is Cc1ccc(F)cc1NC(=O)CN(C)CC1CCNCC1. The first-order valence-corrected chi connectivity index (χ1v) is 7.50. The van der Waals surface area contributed by atoms with E-state index in [4.69, 9.17) is 0 Å². The maximum absolute atomic E-state index is 13.2. The van der Waals surface area contributed by atoms with Crippen molar-refractivity contribution in [1.82, 2.24) is 10.2 Å². The van der Waals surface area contributed by atoms with Crippen LogP contribution in [0.5, 0.6) is 0 Å². The number of hydrogen-bond donors (Lipinski definition) is 2. The van der Waals surface area contributed by atoms with Gasteiger partial charge in [0.1, 0.15) is 5.82 Å². The molecule has 0 aliphatic carbocycles. The standard InChI is InChI=1S/C16H24FN3O/c1-12-3-4-14(17)9-15(12)19-16(21)11-20(2)10-13-5-7-18-8-6-13/h3-4,9,13,18H,5-8,10-11H2,1-2H3,(H,19,21). The van der Waals surface area contributed by atoms with Crippen molar-refractivity contribution < 1.29 is 9.18 Å². The molecule has 116 valence electrons. The van der Waals surface area contributed by atoms with Crippen LogP contribution in [0.4, 0.5) is 10.1 Å². The highest BCUT2D eigenvalue weighted by Crippen LogP contribution is 2.16. The van der Waals surface area contributed by atoms with Crippen LogP contribution in [0.25, 0.3) is 0 Å². The Bertz CT molecular complexity index is 486. The molecule has 0 aromatic heterocycles. The van der Waals surface area contributed by atoms with Crippen LogP contribution < -0.4 is 10.6 Å². The Morgan fingerprint density at radius 1 is 1.43 bits per heavy atom. The van der Waals surface area contributed by atoms with Gasteiger partial charge in [0.25, 0.3) is 0 Å². The maximum atomic E-state index is 13.2. The molecule has 2 rings (SSSR count). The summed E-state index contributed by atoms with van der Waals surface area (Å²) in [6.07, 6.45) is 2.32. The molecule has 1 fully saturated rings. The molecule has 0 unspecified atom stereocenters.